The summed E-state index contributed by atoms with van der Waals surface area (Å²) < 4.78 is 42.6. The highest BCUT2D eigenvalue weighted by atomic mass is 19.4. The van der Waals surface area contributed by atoms with Crippen LogP contribution in [0.25, 0.3) is 0 Å². The first-order valence-electron chi connectivity index (χ1n) is 9.11. The summed E-state index contributed by atoms with van der Waals surface area (Å²) in [5.74, 6) is -2.72. The van der Waals surface area contributed by atoms with E-state index in [-0.39, 0.29) is 34.1 Å². The monoisotopic (exact) mass is 442 g/mol. The van der Waals surface area contributed by atoms with Crippen LogP contribution in [0.2, 0.25) is 0 Å². The molecule has 3 aromatic carbocycles. The van der Waals surface area contributed by atoms with E-state index in [9.17, 15) is 32.7 Å². The van der Waals surface area contributed by atoms with Gasteiger partial charge in [0.1, 0.15) is 17.2 Å². The standard InChI is InChI=1S/C22H13F3N2O5/c23-22(24,25)21(31)26-12-1-7-15(8-2-12)32-16-9-10-17-18(11-16)20(30)27(19(17)29)13-3-5-14(28)6-4-13/h1-11,28H,(H,26,31). The first-order valence-corrected chi connectivity index (χ1v) is 9.11. The van der Waals surface area contributed by atoms with Crippen LogP contribution in [-0.2, 0) is 4.79 Å². The lowest BCUT2D eigenvalue weighted by Gasteiger charge is -2.13. The normalized spacial score (nSPS) is 13.2. The first-order chi connectivity index (χ1) is 15.1. The SMILES string of the molecule is O=C1c2ccc(Oc3ccc(NC(=O)C(F)(F)F)cc3)cc2C(=O)N1c1ccc(O)cc1. The first kappa shape index (κ1) is 20.9. The van der Waals surface area contributed by atoms with Crippen LogP contribution in [0.15, 0.2) is 66.7 Å². The number of rotatable bonds is 4. The number of aromatic hydroxyl groups is 1. The van der Waals surface area contributed by atoms with Crippen molar-refractivity contribution in [2.75, 3.05) is 10.2 Å². The largest absolute Gasteiger partial charge is 0.508 e. The van der Waals surface area contributed by atoms with Gasteiger partial charge in [0.05, 0.1) is 16.8 Å². The number of alkyl halides is 3. The number of carbonyl (C=O) groups excluding carboxylic acids is 3. The highest BCUT2D eigenvalue weighted by molar-refractivity contribution is 6.34. The van der Waals surface area contributed by atoms with Crippen molar-refractivity contribution >= 4 is 29.1 Å². The van der Waals surface area contributed by atoms with E-state index >= 15 is 0 Å². The molecule has 4 rings (SSSR count). The lowest BCUT2D eigenvalue weighted by atomic mass is 10.1. The fraction of sp³-hybridized carbons (Fsp3) is 0.0455. The third-order valence-corrected chi connectivity index (χ3v) is 4.57. The van der Waals surface area contributed by atoms with Gasteiger partial charge in [-0.3, -0.25) is 14.4 Å². The Morgan fingerprint density at radius 2 is 1.44 bits per heavy atom. The molecule has 32 heavy (non-hydrogen) atoms. The van der Waals surface area contributed by atoms with E-state index in [1.165, 1.54) is 66.7 Å². The molecule has 1 heterocycles. The molecule has 0 spiro atoms. The fourth-order valence-electron chi connectivity index (χ4n) is 3.06. The molecule has 0 aliphatic carbocycles. The second kappa shape index (κ2) is 7.73. The van der Waals surface area contributed by atoms with Crippen LogP contribution in [0.1, 0.15) is 20.7 Å². The summed E-state index contributed by atoms with van der Waals surface area (Å²) in [6.07, 6.45) is -5.00. The lowest BCUT2D eigenvalue weighted by molar-refractivity contribution is -0.167. The van der Waals surface area contributed by atoms with Crippen LogP contribution >= 0.6 is 0 Å². The van der Waals surface area contributed by atoms with Gasteiger partial charge in [-0.2, -0.15) is 13.2 Å². The number of phenols is 1. The molecule has 10 heteroatoms. The van der Waals surface area contributed by atoms with Crippen LogP contribution in [0.3, 0.4) is 0 Å². The summed E-state index contributed by atoms with van der Waals surface area (Å²) in [7, 11) is 0. The number of fused-ring (bicyclic) bond motifs is 1. The number of carbonyl (C=O) groups is 3. The Hall–Kier alpha value is -4.34. The number of imide groups is 1. The summed E-state index contributed by atoms with van der Waals surface area (Å²) in [6, 6.07) is 15.0. The molecule has 162 valence electrons. The second-order valence-electron chi connectivity index (χ2n) is 6.75. The molecule has 0 bridgehead atoms. The molecule has 0 unspecified atom stereocenters. The Morgan fingerprint density at radius 3 is 2.06 bits per heavy atom. The number of anilines is 2. The van der Waals surface area contributed by atoms with Crippen molar-refractivity contribution in [3.05, 3.63) is 77.9 Å². The summed E-state index contributed by atoms with van der Waals surface area (Å²) >= 11 is 0. The van der Waals surface area contributed by atoms with Crippen molar-refractivity contribution in [2.24, 2.45) is 0 Å². The van der Waals surface area contributed by atoms with Gasteiger partial charge in [0.2, 0.25) is 0 Å². The number of ether oxygens (including phenoxy) is 1. The van der Waals surface area contributed by atoms with Crippen molar-refractivity contribution in [3.63, 3.8) is 0 Å². The number of phenolic OH excluding ortho intramolecular Hbond substituents is 1. The maximum absolute atomic E-state index is 12.8. The molecule has 0 saturated heterocycles. The number of hydrogen-bond donors (Lipinski definition) is 2. The van der Waals surface area contributed by atoms with E-state index in [4.69, 9.17) is 4.74 Å². The van der Waals surface area contributed by atoms with E-state index in [1.54, 1.807) is 5.32 Å². The summed E-state index contributed by atoms with van der Waals surface area (Å²) in [5.41, 5.74) is 0.530. The quantitative estimate of drug-likeness (QED) is 0.581. The number of benzene rings is 3. The summed E-state index contributed by atoms with van der Waals surface area (Å²) in [5, 5.41) is 11.1. The van der Waals surface area contributed by atoms with Gasteiger partial charge < -0.3 is 15.2 Å². The molecule has 0 radical (unpaired) electrons. The number of amides is 3. The molecule has 0 atom stereocenters. The number of nitrogens with zero attached hydrogens (tertiary/aromatic N) is 1. The minimum Gasteiger partial charge on any atom is -0.508 e. The van der Waals surface area contributed by atoms with E-state index in [0.29, 0.717) is 5.69 Å². The Balaban J connectivity index is 1.51. The van der Waals surface area contributed by atoms with Crippen LogP contribution in [0.5, 0.6) is 17.2 Å². The van der Waals surface area contributed by atoms with E-state index in [2.05, 4.69) is 0 Å². The lowest BCUT2D eigenvalue weighted by Crippen LogP contribution is -2.29. The minimum atomic E-state index is -5.00. The maximum Gasteiger partial charge on any atom is 0.471 e. The topological polar surface area (TPSA) is 95.9 Å². The highest BCUT2D eigenvalue weighted by Gasteiger charge is 2.39. The van der Waals surface area contributed by atoms with Gasteiger partial charge in [-0.25, -0.2) is 4.90 Å². The van der Waals surface area contributed by atoms with Crippen molar-refractivity contribution < 1.29 is 37.4 Å². The van der Waals surface area contributed by atoms with Crippen molar-refractivity contribution in [1.82, 2.24) is 0 Å². The van der Waals surface area contributed by atoms with Crippen LogP contribution in [0.4, 0.5) is 24.5 Å². The predicted octanol–water partition coefficient (Wildman–Crippen LogP) is 4.49. The zero-order valence-electron chi connectivity index (χ0n) is 16.0. The van der Waals surface area contributed by atoms with Gasteiger partial charge in [-0.05, 0) is 66.7 Å². The summed E-state index contributed by atoms with van der Waals surface area (Å²) in [6.45, 7) is 0. The molecule has 3 amide bonds. The zero-order chi connectivity index (χ0) is 23.0. The Bertz CT molecular complexity index is 1220. The van der Waals surface area contributed by atoms with Crippen molar-refractivity contribution in [1.29, 1.82) is 0 Å². The van der Waals surface area contributed by atoms with E-state index < -0.39 is 23.9 Å². The van der Waals surface area contributed by atoms with Gasteiger partial charge in [-0.1, -0.05) is 0 Å². The molecule has 3 aromatic rings. The molecule has 0 aromatic heterocycles. The van der Waals surface area contributed by atoms with Crippen LogP contribution in [0, 0.1) is 0 Å². The molecule has 1 aliphatic rings. The smallest absolute Gasteiger partial charge is 0.471 e. The van der Waals surface area contributed by atoms with Gasteiger partial charge in [0, 0.05) is 5.69 Å². The van der Waals surface area contributed by atoms with Gasteiger partial charge in [0.15, 0.2) is 0 Å². The molecule has 7 nitrogen and oxygen atoms in total. The molecular formula is C22H13F3N2O5. The van der Waals surface area contributed by atoms with Gasteiger partial charge in [0.25, 0.3) is 11.8 Å². The third-order valence-electron chi connectivity index (χ3n) is 4.57. The molecule has 0 fully saturated rings. The van der Waals surface area contributed by atoms with Gasteiger partial charge in [-0.15, -0.1) is 0 Å². The average molecular weight is 442 g/mol. The average Bonchev–Trinajstić information content (AvgIpc) is 2.99. The van der Waals surface area contributed by atoms with Crippen LogP contribution in [-0.4, -0.2) is 29.0 Å². The van der Waals surface area contributed by atoms with Crippen LogP contribution < -0.4 is 15.0 Å². The second-order valence-corrected chi connectivity index (χ2v) is 6.75. The molecular weight excluding hydrogens is 429 g/mol. The number of hydrogen-bond acceptors (Lipinski definition) is 5. The van der Waals surface area contributed by atoms with E-state index in [0.717, 1.165) is 4.90 Å². The number of halogens is 3. The minimum absolute atomic E-state index is 0.00923. The number of nitrogens with one attached hydrogen (secondary N) is 1. The third kappa shape index (κ3) is 3.97. The van der Waals surface area contributed by atoms with Crippen molar-refractivity contribution in [3.8, 4) is 17.2 Å². The Morgan fingerprint density at radius 1 is 0.844 bits per heavy atom. The van der Waals surface area contributed by atoms with Gasteiger partial charge >= 0.3 is 12.1 Å². The Kier molecular flexibility index (Phi) is 5.05. The Labute approximate surface area is 178 Å². The zero-order valence-corrected chi connectivity index (χ0v) is 16.0. The predicted molar refractivity (Wildman–Crippen MR) is 107 cm³/mol. The molecule has 1 aliphatic heterocycles. The fourth-order valence-corrected chi connectivity index (χ4v) is 3.06. The van der Waals surface area contributed by atoms with E-state index in [1.807, 2.05) is 0 Å². The molecule has 2 N–H and O–H groups in total. The maximum atomic E-state index is 12.8. The van der Waals surface area contributed by atoms with Crippen molar-refractivity contribution in [2.45, 2.75) is 6.18 Å². The summed E-state index contributed by atoms with van der Waals surface area (Å²) in [4.78, 5) is 37.4. The molecule has 0 saturated carbocycles. The highest BCUT2D eigenvalue weighted by Crippen LogP contribution is 2.33.